The van der Waals surface area contributed by atoms with Gasteiger partial charge in [0.15, 0.2) is 5.96 Å². The molecule has 2 atom stereocenters. The molecule has 2 N–H and O–H groups in total. The standard InChI is InChI=1S/C22H38N4O3/c1-6-23-22(26-12-11-17(16-26)15-25(7-2)8-3)24-14-20(27)19-13-18(28-4)9-10-21(19)29-5/h9-10,13,17,20,27H,6-8,11-12,14-16H2,1-5H3,(H,23,24). The lowest BCUT2D eigenvalue weighted by Gasteiger charge is -2.24. The van der Waals surface area contributed by atoms with Gasteiger partial charge in [-0.25, -0.2) is 0 Å². The maximum atomic E-state index is 10.8. The van der Waals surface area contributed by atoms with Gasteiger partial charge in [0.25, 0.3) is 0 Å². The van der Waals surface area contributed by atoms with Gasteiger partial charge in [0, 0.05) is 31.7 Å². The van der Waals surface area contributed by atoms with Gasteiger partial charge in [-0.15, -0.1) is 0 Å². The van der Waals surface area contributed by atoms with Crippen LogP contribution in [0.3, 0.4) is 0 Å². The smallest absolute Gasteiger partial charge is 0.194 e. The molecule has 0 radical (unpaired) electrons. The number of aliphatic hydroxyl groups is 1. The average molecular weight is 407 g/mol. The van der Waals surface area contributed by atoms with Gasteiger partial charge < -0.3 is 29.7 Å². The predicted octanol–water partition coefficient (Wildman–Crippen LogP) is 2.37. The molecular weight excluding hydrogens is 368 g/mol. The third kappa shape index (κ3) is 6.51. The van der Waals surface area contributed by atoms with Crippen LogP contribution in [-0.4, -0.2) is 80.9 Å². The monoisotopic (exact) mass is 406 g/mol. The lowest BCUT2D eigenvalue weighted by molar-refractivity contribution is 0.181. The zero-order valence-electron chi connectivity index (χ0n) is 18.6. The molecule has 1 saturated heterocycles. The Balaban J connectivity index is 2.06. The van der Waals surface area contributed by atoms with Gasteiger partial charge in [0.05, 0.1) is 20.8 Å². The number of nitrogens with one attached hydrogen (secondary N) is 1. The van der Waals surface area contributed by atoms with Crippen LogP contribution in [0.4, 0.5) is 0 Å². The summed E-state index contributed by atoms with van der Waals surface area (Å²) in [5.41, 5.74) is 0.687. The second kappa shape index (κ2) is 11.9. The molecule has 0 saturated carbocycles. The normalized spacial score (nSPS) is 18.2. The highest BCUT2D eigenvalue weighted by atomic mass is 16.5. The number of likely N-dealkylation sites (tertiary alicyclic amines) is 1. The van der Waals surface area contributed by atoms with Crippen molar-refractivity contribution in [3.8, 4) is 11.5 Å². The van der Waals surface area contributed by atoms with E-state index in [1.807, 2.05) is 18.2 Å². The summed E-state index contributed by atoms with van der Waals surface area (Å²) in [6, 6.07) is 5.44. The Kier molecular flexibility index (Phi) is 9.54. The molecule has 1 aromatic rings. The summed E-state index contributed by atoms with van der Waals surface area (Å²) in [5, 5.41) is 14.1. The zero-order valence-corrected chi connectivity index (χ0v) is 18.6. The van der Waals surface area contributed by atoms with E-state index in [0.29, 0.717) is 23.0 Å². The highest BCUT2D eigenvalue weighted by molar-refractivity contribution is 5.80. The van der Waals surface area contributed by atoms with Crippen LogP contribution >= 0.6 is 0 Å². The van der Waals surface area contributed by atoms with Crippen LogP contribution < -0.4 is 14.8 Å². The van der Waals surface area contributed by atoms with Crippen LogP contribution in [0.5, 0.6) is 11.5 Å². The number of hydrogen-bond acceptors (Lipinski definition) is 5. The molecule has 1 fully saturated rings. The second-order valence-corrected chi connectivity index (χ2v) is 7.40. The van der Waals surface area contributed by atoms with Gasteiger partial charge in [-0.05, 0) is 50.6 Å². The van der Waals surface area contributed by atoms with Gasteiger partial charge in [0.2, 0.25) is 0 Å². The van der Waals surface area contributed by atoms with Gasteiger partial charge in [-0.2, -0.15) is 0 Å². The van der Waals surface area contributed by atoms with E-state index in [-0.39, 0.29) is 6.54 Å². The van der Waals surface area contributed by atoms with E-state index in [1.54, 1.807) is 14.2 Å². The summed E-state index contributed by atoms with van der Waals surface area (Å²) in [5.74, 6) is 2.85. The number of methoxy groups -OCH3 is 2. The van der Waals surface area contributed by atoms with E-state index in [2.05, 4.69) is 35.9 Å². The van der Waals surface area contributed by atoms with Gasteiger partial charge >= 0.3 is 0 Å². The number of guanidine groups is 1. The Bertz CT molecular complexity index is 649. The van der Waals surface area contributed by atoms with Crippen molar-refractivity contribution in [3.05, 3.63) is 23.8 Å². The Morgan fingerprint density at radius 2 is 2.03 bits per heavy atom. The van der Waals surface area contributed by atoms with Crippen molar-refractivity contribution in [3.63, 3.8) is 0 Å². The number of nitrogens with zero attached hydrogens (tertiary/aromatic N) is 3. The van der Waals surface area contributed by atoms with Crippen LogP contribution in [0, 0.1) is 5.92 Å². The molecule has 1 aliphatic rings. The van der Waals surface area contributed by atoms with Crippen LogP contribution in [0.15, 0.2) is 23.2 Å². The van der Waals surface area contributed by atoms with Crippen LogP contribution in [0.1, 0.15) is 38.9 Å². The molecule has 1 heterocycles. The molecule has 7 nitrogen and oxygen atoms in total. The summed E-state index contributed by atoms with van der Waals surface area (Å²) in [6.07, 6.45) is 0.412. The van der Waals surface area contributed by atoms with Gasteiger partial charge in [0.1, 0.15) is 17.6 Å². The topological polar surface area (TPSA) is 69.6 Å². The molecule has 29 heavy (non-hydrogen) atoms. The number of rotatable bonds is 10. The number of aliphatic imine (C=N–C) groups is 1. The van der Waals surface area contributed by atoms with Crippen LogP contribution in [0.25, 0.3) is 0 Å². The predicted molar refractivity (Wildman–Crippen MR) is 118 cm³/mol. The van der Waals surface area contributed by atoms with Gasteiger partial charge in [-0.3, -0.25) is 4.99 Å². The largest absolute Gasteiger partial charge is 0.497 e. The molecule has 2 rings (SSSR count). The number of aliphatic hydroxyl groups excluding tert-OH is 1. The first-order valence-electron chi connectivity index (χ1n) is 10.7. The molecular formula is C22H38N4O3. The fourth-order valence-electron chi connectivity index (χ4n) is 3.82. The van der Waals surface area contributed by atoms with Crippen molar-refractivity contribution in [2.24, 2.45) is 10.9 Å². The summed E-state index contributed by atoms with van der Waals surface area (Å²) in [6.45, 7) is 12.9. The van der Waals surface area contributed by atoms with E-state index in [9.17, 15) is 5.11 Å². The molecule has 164 valence electrons. The zero-order chi connectivity index (χ0) is 21.2. The van der Waals surface area contributed by atoms with Crippen LogP contribution in [-0.2, 0) is 0 Å². The number of ether oxygens (including phenoxy) is 2. The minimum Gasteiger partial charge on any atom is -0.497 e. The third-order valence-corrected chi connectivity index (χ3v) is 5.54. The Morgan fingerprint density at radius 1 is 1.28 bits per heavy atom. The SMILES string of the molecule is CCNC(=NCC(O)c1cc(OC)ccc1OC)N1CCC(CN(CC)CC)C1. The molecule has 0 bridgehead atoms. The average Bonchev–Trinajstić information content (AvgIpc) is 3.22. The first-order chi connectivity index (χ1) is 14.1. The third-order valence-electron chi connectivity index (χ3n) is 5.54. The Labute approximate surface area is 175 Å². The van der Waals surface area contributed by atoms with Crippen molar-refractivity contribution < 1.29 is 14.6 Å². The quantitative estimate of drug-likeness (QED) is 0.459. The minimum absolute atomic E-state index is 0.267. The molecule has 1 aliphatic heterocycles. The fraction of sp³-hybridized carbons (Fsp3) is 0.682. The van der Waals surface area contributed by atoms with Crippen molar-refractivity contribution in [1.29, 1.82) is 0 Å². The first-order valence-corrected chi connectivity index (χ1v) is 10.7. The van der Waals surface area contributed by atoms with E-state index in [1.165, 1.54) is 6.42 Å². The Hall–Kier alpha value is -1.99. The highest BCUT2D eigenvalue weighted by Crippen LogP contribution is 2.29. The highest BCUT2D eigenvalue weighted by Gasteiger charge is 2.26. The summed E-state index contributed by atoms with van der Waals surface area (Å²) in [7, 11) is 3.22. The second-order valence-electron chi connectivity index (χ2n) is 7.40. The summed E-state index contributed by atoms with van der Waals surface area (Å²) < 4.78 is 10.7. The van der Waals surface area contributed by atoms with Gasteiger partial charge in [-0.1, -0.05) is 13.8 Å². The molecule has 0 amide bonds. The van der Waals surface area contributed by atoms with Crippen molar-refractivity contribution in [1.82, 2.24) is 15.1 Å². The molecule has 7 heteroatoms. The summed E-state index contributed by atoms with van der Waals surface area (Å²) in [4.78, 5) is 9.52. The van der Waals surface area contributed by atoms with E-state index in [4.69, 9.17) is 14.5 Å². The maximum absolute atomic E-state index is 10.8. The molecule has 0 aliphatic carbocycles. The molecule has 0 spiro atoms. The lowest BCUT2D eigenvalue weighted by atomic mass is 10.1. The van der Waals surface area contributed by atoms with E-state index in [0.717, 1.165) is 45.2 Å². The van der Waals surface area contributed by atoms with E-state index >= 15 is 0 Å². The van der Waals surface area contributed by atoms with Crippen LogP contribution in [0.2, 0.25) is 0 Å². The van der Waals surface area contributed by atoms with Crippen molar-refractivity contribution >= 4 is 5.96 Å². The summed E-state index contributed by atoms with van der Waals surface area (Å²) >= 11 is 0. The molecule has 1 aromatic carbocycles. The van der Waals surface area contributed by atoms with E-state index < -0.39 is 6.10 Å². The number of benzene rings is 1. The minimum atomic E-state index is -0.761. The molecule has 2 unspecified atom stereocenters. The maximum Gasteiger partial charge on any atom is 0.194 e. The number of hydrogen-bond donors (Lipinski definition) is 2. The molecule has 0 aromatic heterocycles. The van der Waals surface area contributed by atoms with Crippen molar-refractivity contribution in [2.45, 2.75) is 33.3 Å². The van der Waals surface area contributed by atoms with Crippen molar-refractivity contribution in [2.75, 3.05) is 60.0 Å². The Morgan fingerprint density at radius 3 is 2.66 bits per heavy atom. The first kappa shape index (κ1) is 23.3. The fourth-order valence-corrected chi connectivity index (χ4v) is 3.82. The lowest BCUT2D eigenvalue weighted by Crippen LogP contribution is -2.41.